The van der Waals surface area contributed by atoms with E-state index in [1.807, 2.05) is 102 Å². The molecule has 5 atom stereocenters. The van der Waals surface area contributed by atoms with E-state index in [-0.39, 0.29) is 31.4 Å². The Hall–Kier alpha value is -5.07. The van der Waals surface area contributed by atoms with Gasteiger partial charge in [0.05, 0.1) is 17.7 Å². The summed E-state index contributed by atoms with van der Waals surface area (Å²) >= 11 is 0. The predicted molar refractivity (Wildman–Crippen MR) is 205 cm³/mol. The van der Waals surface area contributed by atoms with Crippen molar-refractivity contribution in [1.82, 2.24) is 25.4 Å². The van der Waals surface area contributed by atoms with E-state index in [4.69, 9.17) is 9.15 Å². The van der Waals surface area contributed by atoms with Crippen molar-refractivity contribution in [2.75, 3.05) is 32.8 Å². The van der Waals surface area contributed by atoms with Gasteiger partial charge in [0.1, 0.15) is 35.8 Å². The highest BCUT2D eigenvalue weighted by Crippen LogP contribution is 2.35. The Morgan fingerprint density at radius 1 is 0.963 bits per heavy atom. The maximum atomic E-state index is 14.1. The third-order valence-electron chi connectivity index (χ3n) is 10.9. The van der Waals surface area contributed by atoms with Crippen molar-refractivity contribution < 1.29 is 29.0 Å². The van der Waals surface area contributed by atoms with Crippen LogP contribution in [0.1, 0.15) is 48.8 Å². The van der Waals surface area contributed by atoms with Crippen molar-refractivity contribution in [1.29, 1.82) is 0 Å². The van der Waals surface area contributed by atoms with E-state index < -0.39 is 35.7 Å². The lowest BCUT2D eigenvalue weighted by Crippen LogP contribution is -2.63. The molecule has 2 aliphatic rings. The predicted octanol–water partition coefficient (Wildman–Crippen LogP) is 4.59. The number of aliphatic hydroxyl groups excluding tert-OH is 2. The molecule has 0 aliphatic carbocycles. The number of furan rings is 1. The monoisotopic (exact) mass is 731 g/mol. The molecule has 11 nitrogen and oxygen atoms in total. The molecule has 0 radical (unpaired) electrons. The number of para-hydroxylation sites is 1. The van der Waals surface area contributed by atoms with Gasteiger partial charge >= 0.3 is 0 Å². The van der Waals surface area contributed by atoms with E-state index >= 15 is 0 Å². The number of benzene rings is 3. The third kappa shape index (κ3) is 8.50. The fourth-order valence-corrected chi connectivity index (χ4v) is 7.69. The molecule has 0 spiro atoms. The van der Waals surface area contributed by atoms with Gasteiger partial charge in [0.25, 0.3) is 0 Å². The molecule has 1 saturated heterocycles. The van der Waals surface area contributed by atoms with Crippen molar-refractivity contribution in [2.24, 2.45) is 5.92 Å². The summed E-state index contributed by atoms with van der Waals surface area (Å²) in [6.45, 7) is 6.41. The number of carbonyl (C=O) groups is 2. The molecular formula is C43H49N5O6. The highest BCUT2D eigenvalue weighted by atomic mass is 16.5. The summed E-state index contributed by atoms with van der Waals surface area (Å²) < 4.78 is 12.0. The number of nitrogens with zero attached hydrogens (tertiary/aromatic N) is 3. The molecule has 0 bridgehead atoms. The summed E-state index contributed by atoms with van der Waals surface area (Å²) in [7, 11) is 0. The zero-order chi connectivity index (χ0) is 37.7. The number of amides is 2. The molecule has 2 amide bonds. The SMILES string of the molecule is CC(C)(c1cc2cnccc2o1)N1CCN(C[C@@H](O)C[C@@H](Cc2ccccc2)C(=O)N[C@H]2c3ccccc3OC[C@H]2O)[C@H](C(=O)NCc2ccccc2)C1. The lowest BCUT2D eigenvalue weighted by atomic mass is 9.90. The number of carbonyl (C=O) groups excluding carboxylic acids is 2. The number of hydrogen-bond acceptors (Lipinski definition) is 9. The van der Waals surface area contributed by atoms with Crippen molar-refractivity contribution in [3.8, 4) is 5.75 Å². The van der Waals surface area contributed by atoms with Crippen LogP contribution in [0.4, 0.5) is 0 Å². The second kappa shape index (κ2) is 16.5. The smallest absolute Gasteiger partial charge is 0.238 e. The standard InChI is InChI=1S/C43H49N5O6/c1-43(2,39-23-32-25-44-18-17-37(32)54-39)48-20-19-47(35(27-48)42(52)45-24-30-13-7-4-8-14-30)26-33(49)22-31(21-29-11-5-3-6-12-29)41(51)46-40-34-15-9-10-16-38(34)53-28-36(40)50/h3-18,23,25,31,33,35-36,40,49-50H,19-22,24,26-28H2,1-2H3,(H,45,52)(H,46,51)/t31-,33+,35+,36-,40+/m1/s1. The molecule has 5 aromatic rings. The van der Waals surface area contributed by atoms with Crippen LogP contribution in [0.5, 0.6) is 5.75 Å². The van der Waals surface area contributed by atoms with Crippen LogP contribution < -0.4 is 15.4 Å². The summed E-state index contributed by atoms with van der Waals surface area (Å²) in [5, 5.41) is 29.8. The molecule has 54 heavy (non-hydrogen) atoms. The van der Waals surface area contributed by atoms with Gasteiger partial charge in [-0.1, -0.05) is 78.9 Å². The maximum Gasteiger partial charge on any atom is 0.238 e. The molecule has 3 aromatic carbocycles. The number of fused-ring (bicyclic) bond motifs is 2. The normalized spacial score (nSPS) is 20.4. The zero-order valence-electron chi connectivity index (χ0n) is 30.8. The summed E-state index contributed by atoms with van der Waals surface area (Å²) in [4.78, 5) is 36.7. The van der Waals surface area contributed by atoms with E-state index in [0.717, 1.165) is 27.9 Å². The number of pyridine rings is 1. The van der Waals surface area contributed by atoms with Gasteiger partial charge in [0.2, 0.25) is 11.8 Å². The molecule has 0 unspecified atom stereocenters. The van der Waals surface area contributed by atoms with Gasteiger partial charge in [0, 0.05) is 62.0 Å². The molecule has 0 saturated carbocycles. The van der Waals surface area contributed by atoms with Crippen molar-refractivity contribution in [2.45, 2.75) is 63.1 Å². The molecule has 2 aromatic heterocycles. The molecule has 4 heterocycles. The highest BCUT2D eigenvalue weighted by Gasteiger charge is 2.41. The van der Waals surface area contributed by atoms with Gasteiger partial charge in [-0.3, -0.25) is 24.4 Å². The van der Waals surface area contributed by atoms with Crippen LogP contribution in [0.2, 0.25) is 0 Å². The van der Waals surface area contributed by atoms with Crippen LogP contribution in [0, 0.1) is 5.92 Å². The summed E-state index contributed by atoms with van der Waals surface area (Å²) in [5.41, 5.74) is 2.90. The average molecular weight is 732 g/mol. The van der Waals surface area contributed by atoms with Crippen LogP contribution in [-0.2, 0) is 28.1 Å². The second-order valence-electron chi connectivity index (χ2n) is 14.9. The first-order valence-electron chi connectivity index (χ1n) is 18.7. The van der Waals surface area contributed by atoms with Crippen LogP contribution in [0.15, 0.2) is 114 Å². The van der Waals surface area contributed by atoms with Crippen molar-refractivity contribution in [3.63, 3.8) is 0 Å². The van der Waals surface area contributed by atoms with E-state index in [1.165, 1.54) is 0 Å². The maximum absolute atomic E-state index is 14.1. The number of aromatic nitrogens is 1. The Labute approximate surface area is 316 Å². The Balaban J connectivity index is 1.09. The van der Waals surface area contributed by atoms with E-state index in [0.29, 0.717) is 43.9 Å². The van der Waals surface area contributed by atoms with Crippen molar-refractivity contribution >= 4 is 22.8 Å². The fourth-order valence-electron chi connectivity index (χ4n) is 7.69. The lowest BCUT2D eigenvalue weighted by molar-refractivity contribution is -0.133. The van der Waals surface area contributed by atoms with E-state index in [9.17, 15) is 19.8 Å². The lowest BCUT2D eigenvalue weighted by Gasteiger charge is -2.47. The summed E-state index contributed by atoms with van der Waals surface area (Å²) in [6, 6.07) is 29.6. The minimum atomic E-state index is -0.918. The van der Waals surface area contributed by atoms with Crippen LogP contribution in [0.3, 0.4) is 0 Å². The first-order valence-corrected chi connectivity index (χ1v) is 18.7. The second-order valence-corrected chi connectivity index (χ2v) is 14.9. The molecule has 11 heteroatoms. The first-order chi connectivity index (χ1) is 26.2. The first kappa shape index (κ1) is 37.3. The Morgan fingerprint density at radius 3 is 2.44 bits per heavy atom. The minimum absolute atomic E-state index is 0.0675. The molecule has 2 aliphatic heterocycles. The van der Waals surface area contributed by atoms with Gasteiger partial charge in [-0.25, -0.2) is 0 Å². The molecular weight excluding hydrogens is 683 g/mol. The van der Waals surface area contributed by atoms with Gasteiger partial charge in [-0.2, -0.15) is 0 Å². The molecule has 7 rings (SSSR count). The van der Waals surface area contributed by atoms with E-state index in [1.54, 1.807) is 12.4 Å². The Kier molecular flexibility index (Phi) is 11.4. The van der Waals surface area contributed by atoms with E-state index in [2.05, 4.69) is 34.4 Å². The van der Waals surface area contributed by atoms with Gasteiger partial charge in [-0.05, 0) is 56.0 Å². The zero-order valence-corrected chi connectivity index (χ0v) is 30.8. The Morgan fingerprint density at radius 2 is 1.69 bits per heavy atom. The van der Waals surface area contributed by atoms with Crippen LogP contribution in [-0.4, -0.2) is 87.8 Å². The van der Waals surface area contributed by atoms with Gasteiger partial charge in [0.15, 0.2) is 0 Å². The quantitative estimate of drug-likeness (QED) is 0.137. The Bertz CT molecular complexity index is 1990. The van der Waals surface area contributed by atoms with Crippen LogP contribution >= 0.6 is 0 Å². The number of piperazine rings is 1. The number of aliphatic hydroxyl groups is 2. The van der Waals surface area contributed by atoms with Gasteiger partial charge < -0.3 is 30.0 Å². The number of β-amino-alcohol motifs (C(OH)–C–C–N with tert-alkyl or cyclic N) is 1. The topological polar surface area (TPSA) is 140 Å². The molecule has 282 valence electrons. The van der Waals surface area contributed by atoms with Crippen molar-refractivity contribution in [3.05, 3.63) is 132 Å². The average Bonchev–Trinajstić information content (AvgIpc) is 3.64. The van der Waals surface area contributed by atoms with Gasteiger partial charge in [-0.15, -0.1) is 0 Å². The fraction of sp³-hybridized carbons (Fsp3) is 0.372. The number of nitrogens with one attached hydrogen (secondary N) is 2. The molecule has 1 fully saturated rings. The number of rotatable bonds is 13. The summed E-state index contributed by atoms with van der Waals surface area (Å²) in [6.07, 6.45) is 2.23. The highest BCUT2D eigenvalue weighted by molar-refractivity contribution is 5.82. The summed E-state index contributed by atoms with van der Waals surface area (Å²) in [5.74, 6) is 0.422. The number of hydrogen-bond donors (Lipinski definition) is 4. The third-order valence-corrected chi connectivity index (χ3v) is 10.9. The molecule has 4 N–H and O–H groups in total. The number of ether oxygens (including phenoxy) is 1. The minimum Gasteiger partial charge on any atom is -0.490 e. The van der Waals surface area contributed by atoms with Crippen LogP contribution in [0.25, 0.3) is 11.0 Å². The largest absolute Gasteiger partial charge is 0.490 e.